The van der Waals surface area contributed by atoms with Crippen molar-refractivity contribution in [2.75, 3.05) is 23.3 Å². The molecule has 0 unspecified atom stereocenters. The average Bonchev–Trinajstić information content (AvgIpc) is 2.79. The monoisotopic (exact) mass is 404 g/mol. The van der Waals surface area contributed by atoms with Crippen molar-refractivity contribution in [2.24, 2.45) is 0 Å². The Morgan fingerprint density at radius 2 is 1.83 bits per heavy atom. The van der Waals surface area contributed by atoms with Crippen LogP contribution in [0.4, 0.5) is 11.5 Å². The third-order valence-corrected chi connectivity index (χ3v) is 5.91. The Morgan fingerprint density at radius 3 is 2.66 bits per heavy atom. The zero-order valence-corrected chi connectivity index (χ0v) is 17.1. The second-order valence-corrected chi connectivity index (χ2v) is 8.03. The predicted molar refractivity (Wildman–Crippen MR) is 118 cm³/mol. The highest BCUT2D eigenvalue weighted by Gasteiger charge is 2.19. The van der Waals surface area contributed by atoms with Gasteiger partial charge in [-0.1, -0.05) is 18.2 Å². The Labute approximate surface area is 175 Å². The third-order valence-electron chi connectivity index (χ3n) is 4.90. The summed E-state index contributed by atoms with van der Waals surface area (Å²) in [6.07, 6.45) is 7.10. The zero-order valence-electron chi connectivity index (χ0n) is 16.3. The van der Waals surface area contributed by atoms with Gasteiger partial charge in [-0.25, -0.2) is 9.97 Å². The molecule has 1 fully saturated rings. The van der Waals surface area contributed by atoms with Crippen molar-refractivity contribution in [3.63, 3.8) is 0 Å². The van der Waals surface area contributed by atoms with E-state index in [1.54, 1.807) is 24.2 Å². The lowest BCUT2D eigenvalue weighted by molar-refractivity contribution is 0.102. The Bertz CT molecular complexity index is 958. The molecule has 0 saturated carbocycles. The normalized spacial score (nSPS) is 13.9. The average molecular weight is 405 g/mol. The Morgan fingerprint density at radius 1 is 0.966 bits per heavy atom. The first kappa shape index (κ1) is 19.5. The van der Waals surface area contributed by atoms with E-state index >= 15 is 0 Å². The van der Waals surface area contributed by atoms with E-state index in [9.17, 15) is 4.79 Å². The molecule has 3 aromatic rings. The van der Waals surface area contributed by atoms with Crippen LogP contribution in [-0.4, -0.2) is 29.0 Å². The fourth-order valence-electron chi connectivity index (χ4n) is 3.46. The molecule has 6 heteroatoms. The molecule has 1 aliphatic rings. The summed E-state index contributed by atoms with van der Waals surface area (Å²) in [5.74, 6) is 1.46. The maximum Gasteiger partial charge on any atom is 0.259 e. The first-order valence-corrected chi connectivity index (χ1v) is 10.9. The van der Waals surface area contributed by atoms with E-state index in [1.165, 1.54) is 6.42 Å². The van der Waals surface area contributed by atoms with Crippen molar-refractivity contribution >= 4 is 29.2 Å². The summed E-state index contributed by atoms with van der Waals surface area (Å²) in [6, 6.07) is 17.6. The highest BCUT2D eigenvalue weighted by Crippen LogP contribution is 2.24. The van der Waals surface area contributed by atoms with E-state index < -0.39 is 0 Å². The molecule has 0 spiro atoms. The van der Waals surface area contributed by atoms with Gasteiger partial charge in [0.05, 0.1) is 10.6 Å². The van der Waals surface area contributed by atoms with Gasteiger partial charge < -0.3 is 10.2 Å². The van der Waals surface area contributed by atoms with Crippen LogP contribution in [0.3, 0.4) is 0 Å². The molecular formula is C23H24N4OS. The summed E-state index contributed by atoms with van der Waals surface area (Å²) in [5.41, 5.74) is 2.56. The number of rotatable bonds is 6. The topological polar surface area (TPSA) is 58.1 Å². The fraction of sp³-hybridized carbons (Fsp3) is 0.261. The molecule has 5 nitrogen and oxygen atoms in total. The van der Waals surface area contributed by atoms with Gasteiger partial charge in [0.15, 0.2) is 0 Å². The Kier molecular flexibility index (Phi) is 6.42. The maximum atomic E-state index is 13.0. The van der Waals surface area contributed by atoms with Gasteiger partial charge in [0.25, 0.3) is 5.91 Å². The van der Waals surface area contributed by atoms with Crippen LogP contribution in [0.1, 0.15) is 35.2 Å². The number of nitrogens with zero attached hydrogens (tertiary/aromatic N) is 3. The van der Waals surface area contributed by atoms with E-state index in [4.69, 9.17) is 0 Å². The molecule has 1 N–H and O–H groups in total. The number of piperidine rings is 1. The predicted octanol–water partition coefficient (Wildman–Crippen LogP) is 5.01. The minimum absolute atomic E-state index is 0.117. The number of benzene rings is 1. The molecule has 1 aromatic carbocycles. The summed E-state index contributed by atoms with van der Waals surface area (Å²) in [5, 5.41) is 4.04. The van der Waals surface area contributed by atoms with E-state index in [0.29, 0.717) is 5.56 Å². The van der Waals surface area contributed by atoms with Crippen molar-refractivity contribution in [1.82, 2.24) is 9.97 Å². The first-order valence-electron chi connectivity index (χ1n) is 9.94. The lowest BCUT2D eigenvalue weighted by Crippen LogP contribution is -2.32. The highest BCUT2D eigenvalue weighted by atomic mass is 32.2. The lowest BCUT2D eigenvalue weighted by Gasteiger charge is -2.29. The van der Waals surface area contributed by atoms with Gasteiger partial charge in [-0.2, -0.15) is 0 Å². The number of carbonyl (C=O) groups is 1. The molecule has 148 valence electrons. The SMILES string of the molecule is O=C(Nc1cccc(CSc2ccccn2)c1)c1cccnc1N1CCCCC1. The molecule has 0 bridgehead atoms. The molecule has 0 atom stereocenters. The second-order valence-electron chi connectivity index (χ2n) is 7.03. The summed E-state index contributed by atoms with van der Waals surface area (Å²) in [7, 11) is 0. The minimum Gasteiger partial charge on any atom is -0.356 e. The molecule has 4 rings (SSSR count). The van der Waals surface area contributed by atoms with Crippen molar-refractivity contribution in [3.05, 3.63) is 78.1 Å². The van der Waals surface area contributed by atoms with E-state index in [0.717, 1.165) is 53.8 Å². The van der Waals surface area contributed by atoms with Gasteiger partial charge in [-0.05, 0) is 61.2 Å². The number of anilines is 2. The fourth-order valence-corrected chi connectivity index (χ4v) is 4.26. The van der Waals surface area contributed by atoms with Crippen LogP contribution in [0.15, 0.2) is 72.0 Å². The third kappa shape index (κ3) is 5.15. The Balaban J connectivity index is 1.45. The molecule has 1 aliphatic heterocycles. The van der Waals surface area contributed by atoms with Gasteiger partial charge in [0, 0.05) is 36.9 Å². The maximum absolute atomic E-state index is 13.0. The van der Waals surface area contributed by atoms with Crippen LogP contribution >= 0.6 is 11.8 Å². The van der Waals surface area contributed by atoms with E-state index in [-0.39, 0.29) is 5.91 Å². The zero-order chi connectivity index (χ0) is 19.9. The van der Waals surface area contributed by atoms with Gasteiger partial charge in [-0.15, -0.1) is 11.8 Å². The molecule has 1 amide bonds. The van der Waals surface area contributed by atoms with E-state index in [1.807, 2.05) is 48.5 Å². The molecule has 0 aliphatic carbocycles. The van der Waals surface area contributed by atoms with Crippen molar-refractivity contribution in [1.29, 1.82) is 0 Å². The van der Waals surface area contributed by atoms with Crippen molar-refractivity contribution in [3.8, 4) is 0 Å². The standard InChI is InChI=1S/C23H24N4OS/c28-23(20-10-7-13-25-22(20)27-14-4-1-5-15-27)26-19-9-6-8-18(16-19)17-29-21-11-2-3-12-24-21/h2-3,6-13,16H,1,4-5,14-15,17H2,(H,26,28). The molecule has 2 aromatic heterocycles. The van der Waals surface area contributed by atoms with Crippen LogP contribution < -0.4 is 10.2 Å². The van der Waals surface area contributed by atoms with Crippen LogP contribution in [0.25, 0.3) is 0 Å². The second kappa shape index (κ2) is 9.56. The van der Waals surface area contributed by atoms with Crippen molar-refractivity contribution in [2.45, 2.75) is 30.0 Å². The highest BCUT2D eigenvalue weighted by molar-refractivity contribution is 7.98. The molecule has 0 radical (unpaired) electrons. The summed E-state index contributed by atoms with van der Waals surface area (Å²) in [6.45, 7) is 1.91. The van der Waals surface area contributed by atoms with Crippen LogP contribution in [0.2, 0.25) is 0 Å². The number of carbonyl (C=O) groups excluding carboxylic acids is 1. The molecular weight excluding hydrogens is 380 g/mol. The Hall–Kier alpha value is -2.86. The number of nitrogens with one attached hydrogen (secondary N) is 1. The van der Waals surface area contributed by atoms with Crippen molar-refractivity contribution < 1.29 is 4.79 Å². The first-order chi connectivity index (χ1) is 14.3. The largest absolute Gasteiger partial charge is 0.356 e. The van der Waals surface area contributed by atoms with Crippen LogP contribution in [-0.2, 0) is 5.75 Å². The van der Waals surface area contributed by atoms with Crippen LogP contribution in [0.5, 0.6) is 0 Å². The van der Waals surface area contributed by atoms with Gasteiger partial charge in [-0.3, -0.25) is 4.79 Å². The number of hydrogen-bond donors (Lipinski definition) is 1. The minimum atomic E-state index is -0.117. The summed E-state index contributed by atoms with van der Waals surface area (Å²) < 4.78 is 0. The summed E-state index contributed by atoms with van der Waals surface area (Å²) >= 11 is 1.68. The molecule has 29 heavy (non-hydrogen) atoms. The number of aromatic nitrogens is 2. The number of pyridine rings is 2. The van der Waals surface area contributed by atoms with Gasteiger partial charge >= 0.3 is 0 Å². The lowest BCUT2D eigenvalue weighted by atomic mass is 10.1. The van der Waals surface area contributed by atoms with Crippen LogP contribution in [0, 0.1) is 0 Å². The molecule has 3 heterocycles. The summed E-state index contributed by atoms with van der Waals surface area (Å²) in [4.78, 5) is 24.0. The smallest absolute Gasteiger partial charge is 0.259 e. The number of hydrogen-bond acceptors (Lipinski definition) is 5. The molecule has 1 saturated heterocycles. The van der Waals surface area contributed by atoms with Gasteiger partial charge in [0.1, 0.15) is 5.82 Å². The van der Waals surface area contributed by atoms with Gasteiger partial charge in [0.2, 0.25) is 0 Å². The number of thioether (sulfide) groups is 1. The quantitative estimate of drug-likeness (QED) is 0.585. The van der Waals surface area contributed by atoms with E-state index in [2.05, 4.69) is 26.3 Å². The number of amides is 1.